The van der Waals surface area contributed by atoms with E-state index in [1.807, 2.05) is 0 Å². The molecule has 0 saturated carbocycles. The Kier molecular flexibility index (Phi) is 7.06. The highest BCUT2D eigenvalue weighted by atomic mass is 35.5. The van der Waals surface area contributed by atoms with Gasteiger partial charge in [-0.3, -0.25) is 4.79 Å². The van der Waals surface area contributed by atoms with Gasteiger partial charge in [0, 0.05) is 22.2 Å². The summed E-state index contributed by atoms with van der Waals surface area (Å²) < 4.78 is 15.3. The second-order valence-corrected chi connectivity index (χ2v) is 5.94. The number of benzene rings is 2. The fraction of sp³-hybridized carbons (Fsp3) is 0.158. The molecule has 2 aromatic rings. The van der Waals surface area contributed by atoms with Crippen LogP contribution in [0.3, 0.4) is 0 Å². The predicted octanol–water partition coefficient (Wildman–Crippen LogP) is 4.45. The number of carbonyl (C=O) groups excluding carboxylic acids is 2. The third kappa shape index (κ3) is 5.25. The van der Waals surface area contributed by atoms with Crippen molar-refractivity contribution < 1.29 is 23.8 Å². The Morgan fingerprint density at radius 1 is 1.04 bits per heavy atom. The van der Waals surface area contributed by atoms with Gasteiger partial charge >= 0.3 is 5.97 Å². The summed E-state index contributed by atoms with van der Waals surface area (Å²) in [5, 5.41) is 0.619. The molecule has 0 saturated heterocycles. The van der Waals surface area contributed by atoms with E-state index in [2.05, 4.69) is 0 Å². The molecule has 5 nitrogen and oxygen atoms in total. The van der Waals surface area contributed by atoms with E-state index in [1.165, 1.54) is 44.6 Å². The van der Waals surface area contributed by atoms with Gasteiger partial charge in [0.1, 0.15) is 11.5 Å². The van der Waals surface area contributed by atoms with Gasteiger partial charge in [-0.25, -0.2) is 4.79 Å². The number of halogens is 2. The Labute approximate surface area is 161 Å². The van der Waals surface area contributed by atoms with Crippen molar-refractivity contribution in [3.63, 3.8) is 0 Å². The number of methoxy groups -OCH3 is 2. The van der Waals surface area contributed by atoms with Crippen molar-refractivity contribution in [1.29, 1.82) is 0 Å². The zero-order chi connectivity index (χ0) is 19.1. The highest BCUT2D eigenvalue weighted by molar-refractivity contribution is 6.36. The van der Waals surface area contributed by atoms with Crippen molar-refractivity contribution in [3.05, 3.63) is 63.6 Å². The zero-order valence-corrected chi connectivity index (χ0v) is 15.6. The quantitative estimate of drug-likeness (QED) is 0.394. The highest BCUT2D eigenvalue weighted by Crippen LogP contribution is 2.25. The van der Waals surface area contributed by atoms with E-state index in [0.29, 0.717) is 22.1 Å². The molecule has 0 N–H and O–H groups in total. The van der Waals surface area contributed by atoms with Gasteiger partial charge < -0.3 is 14.2 Å². The molecule has 7 heteroatoms. The van der Waals surface area contributed by atoms with Crippen LogP contribution in [0.25, 0.3) is 6.08 Å². The van der Waals surface area contributed by atoms with Crippen molar-refractivity contribution in [2.24, 2.45) is 0 Å². The number of carbonyl (C=O) groups is 2. The second kappa shape index (κ2) is 9.27. The molecule has 0 spiro atoms. The molecule has 2 aromatic carbocycles. The molecule has 0 unspecified atom stereocenters. The standard InChI is InChI=1S/C19H16Cl2O5/c1-24-14-5-7-18(25-2)12(9-14)3-8-19(23)26-11-17(22)15-6-4-13(20)10-16(15)21/h3-10H,11H2,1-2H3/b8-3+. The maximum absolute atomic E-state index is 12.1. The van der Waals surface area contributed by atoms with Crippen molar-refractivity contribution in [2.45, 2.75) is 0 Å². The van der Waals surface area contributed by atoms with E-state index in [-0.39, 0.29) is 10.6 Å². The Morgan fingerprint density at radius 3 is 2.46 bits per heavy atom. The van der Waals surface area contributed by atoms with Crippen LogP contribution in [-0.4, -0.2) is 32.6 Å². The highest BCUT2D eigenvalue weighted by Gasteiger charge is 2.13. The fourth-order valence-corrected chi connectivity index (χ4v) is 2.62. The van der Waals surface area contributed by atoms with Crippen LogP contribution >= 0.6 is 23.2 Å². The lowest BCUT2D eigenvalue weighted by molar-refractivity contribution is -0.136. The molecule has 0 heterocycles. The predicted molar refractivity (Wildman–Crippen MR) is 100 cm³/mol. The van der Waals surface area contributed by atoms with Crippen LogP contribution in [0.15, 0.2) is 42.5 Å². The molecule has 0 atom stereocenters. The minimum atomic E-state index is -0.673. The monoisotopic (exact) mass is 394 g/mol. The summed E-state index contributed by atoms with van der Waals surface area (Å²) in [6, 6.07) is 9.64. The van der Waals surface area contributed by atoms with Crippen molar-refractivity contribution in [3.8, 4) is 11.5 Å². The first-order valence-corrected chi connectivity index (χ1v) is 8.25. The summed E-state index contributed by atoms with van der Waals surface area (Å²) in [4.78, 5) is 23.9. The number of esters is 1. The molecule has 0 aliphatic carbocycles. The van der Waals surface area contributed by atoms with Crippen LogP contribution in [0, 0.1) is 0 Å². The van der Waals surface area contributed by atoms with Gasteiger partial charge in [0.05, 0.1) is 19.2 Å². The Hall–Kier alpha value is -2.50. The molecule has 136 valence electrons. The lowest BCUT2D eigenvalue weighted by Crippen LogP contribution is -2.13. The van der Waals surface area contributed by atoms with E-state index < -0.39 is 18.4 Å². The summed E-state index contributed by atoms with van der Waals surface area (Å²) >= 11 is 11.7. The molecule has 0 aliphatic heterocycles. The second-order valence-electron chi connectivity index (χ2n) is 5.10. The van der Waals surface area contributed by atoms with Crippen LogP contribution < -0.4 is 9.47 Å². The molecule has 0 radical (unpaired) electrons. The van der Waals surface area contributed by atoms with Crippen LogP contribution in [-0.2, 0) is 9.53 Å². The number of rotatable bonds is 7. The van der Waals surface area contributed by atoms with E-state index >= 15 is 0 Å². The molecule has 0 aliphatic rings. The summed E-state index contributed by atoms with van der Waals surface area (Å²) in [6.45, 7) is -0.431. The largest absolute Gasteiger partial charge is 0.497 e. The third-order valence-corrected chi connectivity index (χ3v) is 3.96. The summed E-state index contributed by atoms with van der Waals surface area (Å²) in [5.41, 5.74) is 0.873. The van der Waals surface area contributed by atoms with Gasteiger partial charge in [-0.1, -0.05) is 23.2 Å². The smallest absolute Gasteiger partial charge is 0.331 e. The van der Waals surface area contributed by atoms with Crippen LogP contribution in [0.2, 0.25) is 10.0 Å². The third-order valence-electron chi connectivity index (χ3n) is 3.41. The van der Waals surface area contributed by atoms with Crippen LogP contribution in [0.5, 0.6) is 11.5 Å². The number of hydrogen-bond donors (Lipinski definition) is 0. The maximum atomic E-state index is 12.1. The molecule has 0 aromatic heterocycles. The number of ketones is 1. The Bertz CT molecular complexity index is 846. The first kappa shape index (κ1) is 19.8. The van der Waals surface area contributed by atoms with Crippen molar-refractivity contribution in [2.75, 3.05) is 20.8 Å². The lowest BCUT2D eigenvalue weighted by atomic mass is 10.1. The molecule has 2 rings (SSSR count). The number of ether oxygens (including phenoxy) is 3. The van der Waals surface area contributed by atoms with E-state index in [4.69, 9.17) is 37.4 Å². The molecular formula is C19H16Cl2O5. The van der Waals surface area contributed by atoms with E-state index in [1.54, 1.807) is 18.2 Å². The topological polar surface area (TPSA) is 61.8 Å². The molecule has 0 fully saturated rings. The number of Topliss-reactive ketones (excluding diaryl/α,β-unsaturated/α-hetero) is 1. The normalized spacial score (nSPS) is 10.6. The summed E-state index contributed by atoms with van der Waals surface area (Å²) in [7, 11) is 3.06. The van der Waals surface area contributed by atoms with Gasteiger partial charge in [-0.05, 0) is 42.5 Å². The fourth-order valence-electron chi connectivity index (χ4n) is 2.11. The Morgan fingerprint density at radius 2 is 1.81 bits per heavy atom. The van der Waals surface area contributed by atoms with Gasteiger partial charge in [-0.15, -0.1) is 0 Å². The minimum absolute atomic E-state index is 0.204. The average molecular weight is 395 g/mol. The van der Waals surface area contributed by atoms with Gasteiger partial charge in [0.15, 0.2) is 6.61 Å². The molecular weight excluding hydrogens is 379 g/mol. The van der Waals surface area contributed by atoms with Crippen LogP contribution in [0.4, 0.5) is 0 Å². The van der Waals surface area contributed by atoms with Gasteiger partial charge in [-0.2, -0.15) is 0 Å². The van der Waals surface area contributed by atoms with Crippen molar-refractivity contribution in [1.82, 2.24) is 0 Å². The van der Waals surface area contributed by atoms with Crippen molar-refractivity contribution >= 4 is 41.0 Å². The summed E-state index contributed by atoms with van der Waals surface area (Å²) in [6.07, 6.45) is 2.72. The molecule has 26 heavy (non-hydrogen) atoms. The van der Waals surface area contributed by atoms with E-state index in [0.717, 1.165) is 0 Å². The molecule has 0 bridgehead atoms. The first-order valence-electron chi connectivity index (χ1n) is 7.49. The minimum Gasteiger partial charge on any atom is -0.497 e. The first-order chi connectivity index (χ1) is 12.4. The average Bonchev–Trinajstić information content (AvgIpc) is 2.64. The zero-order valence-electron chi connectivity index (χ0n) is 14.1. The van der Waals surface area contributed by atoms with Gasteiger partial charge in [0.25, 0.3) is 0 Å². The molecule has 0 amide bonds. The Balaban J connectivity index is 2.00. The van der Waals surface area contributed by atoms with Crippen LogP contribution in [0.1, 0.15) is 15.9 Å². The van der Waals surface area contributed by atoms with E-state index in [9.17, 15) is 9.59 Å². The lowest BCUT2D eigenvalue weighted by Gasteiger charge is -2.07. The van der Waals surface area contributed by atoms with Gasteiger partial charge in [0.2, 0.25) is 5.78 Å². The summed E-state index contributed by atoms with van der Waals surface area (Å²) in [5.74, 6) is 0.0888. The SMILES string of the molecule is COc1ccc(OC)c(/C=C/C(=O)OCC(=O)c2ccc(Cl)cc2Cl)c1. The number of hydrogen-bond acceptors (Lipinski definition) is 5. The maximum Gasteiger partial charge on any atom is 0.331 e.